The van der Waals surface area contributed by atoms with Crippen molar-refractivity contribution in [2.45, 2.75) is 77.8 Å². The summed E-state index contributed by atoms with van der Waals surface area (Å²) < 4.78 is 19.5. The Hall–Kier alpha value is -1.65. The summed E-state index contributed by atoms with van der Waals surface area (Å²) in [6, 6.07) is 9.13. The highest BCUT2D eigenvalue weighted by Gasteiger charge is 2.57. The molecule has 196 valence electrons. The molecule has 5 nitrogen and oxygen atoms in total. The van der Waals surface area contributed by atoms with Crippen LogP contribution in [0.15, 0.2) is 40.9 Å². The van der Waals surface area contributed by atoms with Crippen molar-refractivity contribution >= 4 is 21.9 Å². The van der Waals surface area contributed by atoms with E-state index in [1.165, 1.54) is 0 Å². The Balaban J connectivity index is 1.53. The average molecular weight is 560 g/mol. The Morgan fingerprint density at radius 2 is 1.92 bits per heavy atom. The van der Waals surface area contributed by atoms with Gasteiger partial charge in [-0.15, -0.1) is 11.8 Å². The molecule has 6 atom stereocenters. The van der Waals surface area contributed by atoms with Crippen LogP contribution in [0.2, 0.25) is 0 Å². The lowest BCUT2D eigenvalue weighted by Gasteiger charge is -2.42. The fourth-order valence-corrected chi connectivity index (χ4v) is 6.49. The van der Waals surface area contributed by atoms with Gasteiger partial charge < -0.3 is 19.3 Å². The summed E-state index contributed by atoms with van der Waals surface area (Å²) in [4.78, 5) is 12.9. The maximum absolute atomic E-state index is 12.9. The summed E-state index contributed by atoms with van der Waals surface area (Å²) in [5.41, 5.74) is 0.567. The van der Waals surface area contributed by atoms with E-state index >= 15 is 0 Å². The van der Waals surface area contributed by atoms with Gasteiger partial charge in [0.05, 0.1) is 24.9 Å². The van der Waals surface area contributed by atoms with Gasteiger partial charge in [0.2, 0.25) is 0 Å². The summed E-state index contributed by atoms with van der Waals surface area (Å²) in [6.45, 7) is 9.70. The van der Waals surface area contributed by atoms with E-state index in [4.69, 9.17) is 14.2 Å². The average Bonchev–Trinajstić information content (AvgIpc) is 3.36. The van der Waals surface area contributed by atoms with E-state index < -0.39 is 11.9 Å². The smallest absolute Gasteiger partial charge is 0.338 e. The van der Waals surface area contributed by atoms with Gasteiger partial charge in [-0.1, -0.05) is 67.9 Å². The summed E-state index contributed by atoms with van der Waals surface area (Å²) in [6.07, 6.45) is 4.91. The Kier molecular flexibility index (Phi) is 8.67. The molecule has 3 aliphatic rings. The minimum absolute atomic E-state index is 0.0138. The quantitative estimate of drug-likeness (QED) is 0.337. The molecule has 1 N–H and O–H groups in total. The number of fused-ring (bicyclic) bond motifs is 1. The van der Waals surface area contributed by atoms with Crippen LogP contribution in [0.4, 0.5) is 0 Å². The molecular weight excluding hydrogens is 520 g/mol. The molecule has 1 saturated heterocycles. The molecule has 0 aromatic heterocycles. The third-order valence-electron chi connectivity index (χ3n) is 7.80. The van der Waals surface area contributed by atoms with E-state index in [1.807, 2.05) is 32.0 Å². The highest BCUT2D eigenvalue weighted by molar-refractivity contribution is 9.11. The Morgan fingerprint density at radius 1 is 1.22 bits per heavy atom. The van der Waals surface area contributed by atoms with Gasteiger partial charge >= 0.3 is 5.97 Å². The number of benzene rings is 1. The standard InChI is InChI=1S/C30H39BrO5/c1-5-6-8-11-20(2)27(32)25(31)15-23-24-17-30(34-18-29(3,4)19-35-30)16-22(24)14-26(23)36-28(33)21-12-9-7-10-13-21/h7,9-10,12-13,15,20,22-24,26-27,32H,5,11,14,16-19H2,1-4H3. The zero-order valence-corrected chi connectivity index (χ0v) is 23.4. The lowest BCUT2D eigenvalue weighted by Crippen LogP contribution is -2.46. The fraction of sp³-hybridized carbons (Fsp3) is 0.633. The van der Waals surface area contributed by atoms with Gasteiger partial charge in [-0.2, -0.15) is 0 Å². The molecule has 1 heterocycles. The van der Waals surface area contributed by atoms with Crippen LogP contribution in [0, 0.1) is 40.9 Å². The van der Waals surface area contributed by atoms with Crippen molar-refractivity contribution in [1.29, 1.82) is 0 Å². The predicted molar refractivity (Wildman–Crippen MR) is 143 cm³/mol. The van der Waals surface area contributed by atoms with Gasteiger partial charge in [0.25, 0.3) is 0 Å². The first-order valence-electron chi connectivity index (χ1n) is 13.2. The number of carbonyl (C=O) groups excluding carboxylic acids is 1. The number of esters is 1. The number of aliphatic hydroxyl groups is 1. The highest BCUT2D eigenvalue weighted by Crippen LogP contribution is 2.56. The first-order chi connectivity index (χ1) is 17.1. The SMILES string of the molecule is CCC#CCC(C)C(O)C(Br)=CC1C(OC(=O)c2ccccc2)CC2CC3(CC21)OCC(C)(C)CO3. The van der Waals surface area contributed by atoms with Crippen molar-refractivity contribution in [3.63, 3.8) is 0 Å². The van der Waals surface area contributed by atoms with Crippen molar-refractivity contribution in [3.05, 3.63) is 46.5 Å². The number of carbonyl (C=O) groups is 1. The molecule has 6 heteroatoms. The molecule has 1 aliphatic heterocycles. The molecule has 2 aliphatic carbocycles. The van der Waals surface area contributed by atoms with Crippen molar-refractivity contribution in [2.24, 2.45) is 29.1 Å². The van der Waals surface area contributed by atoms with E-state index in [1.54, 1.807) is 12.1 Å². The van der Waals surface area contributed by atoms with Crippen LogP contribution < -0.4 is 0 Å². The number of ether oxygens (including phenoxy) is 3. The van der Waals surface area contributed by atoms with Crippen LogP contribution >= 0.6 is 15.9 Å². The number of rotatable bonds is 6. The van der Waals surface area contributed by atoms with Crippen LogP contribution in [0.5, 0.6) is 0 Å². The summed E-state index contributed by atoms with van der Waals surface area (Å²) >= 11 is 3.66. The van der Waals surface area contributed by atoms with Crippen molar-refractivity contribution in [2.75, 3.05) is 13.2 Å². The van der Waals surface area contributed by atoms with Gasteiger partial charge in [-0.05, 0) is 36.3 Å². The maximum Gasteiger partial charge on any atom is 0.338 e. The van der Waals surface area contributed by atoms with Crippen LogP contribution in [-0.2, 0) is 14.2 Å². The normalized spacial score (nSPS) is 30.2. The number of hydrogen-bond acceptors (Lipinski definition) is 5. The Labute approximate surface area is 224 Å². The summed E-state index contributed by atoms with van der Waals surface area (Å²) in [5, 5.41) is 11.0. The van der Waals surface area contributed by atoms with E-state index in [-0.39, 0.29) is 35.2 Å². The van der Waals surface area contributed by atoms with E-state index in [0.717, 1.165) is 30.2 Å². The molecule has 1 aromatic carbocycles. The summed E-state index contributed by atoms with van der Waals surface area (Å²) in [5.74, 6) is 5.87. The molecule has 3 fully saturated rings. The molecule has 0 bridgehead atoms. The largest absolute Gasteiger partial charge is 0.458 e. The van der Waals surface area contributed by atoms with Crippen LogP contribution in [0.25, 0.3) is 0 Å². The number of aliphatic hydroxyl groups excluding tert-OH is 1. The third-order valence-corrected chi connectivity index (χ3v) is 8.54. The lowest BCUT2D eigenvalue weighted by molar-refractivity contribution is -0.298. The number of halogens is 1. The maximum atomic E-state index is 12.9. The minimum Gasteiger partial charge on any atom is -0.458 e. The van der Waals surface area contributed by atoms with Gasteiger partial charge in [0.15, 0.2) is 5.79 Å². The minimum atomic E-state index is -0.668. The second kappa shape index (κ2) is 11.4. The molecular formula is C30H39BrO5. The Bertz CT molecular complexity index is 997. The molecule has 4 rings (SSSR count). The molecule has 0 amide bonds. The second-order valence-electron chi connectivity index (χ2n) is 11.5. The number of hydrogen-bond donors (Lipinski definition) is 1. The molecule has 0 radical (unpaired) electrons. The summed E-state index contributed by atoms with van der Waals surface area (Å²) in [7, 11) is 0. The van der Waals surface area contributed by atoms with Crippen molar-refractivity contribution < 1.29 is 24.1 Å². The monoisotopic (exact) mass is 558 g/mol. The van der Waals surface area contributed by atoms with E-state index in [2.05, 4.69) is 47.7 Å². The lowest BCUT2D eigenvalue weighted by atomic mass is 9.89. The molecule has 6 unspecified atom stereocenters. The highest BCUT2D eigenvalue weighted by atomic mass is 79.9. The van der Waals surface area contributed by atoms with Crippen LogP contribution in [0.3, 0.4) is 0 Å². The molecule has 2 saturated carbocycles. The zero-order chi connectivity index (χ0) is 25.9. The molecule has 36 heavy (non-hydrogen) atoms. The van der Waals surface area contributed by atoms with E-state index in [9.17, 15) is 9.90 Å². The van der Waals surface area contributed by atoms with Gasteiger partial charge in [-0.3, -0.25) is 0 Å². The zero-order valence-electron chi connectivity index (χ0n) is 21.8. The van der Waals surface area contributed by atoms with Gasteiger partial charge in [-0.25, -0.2) is 4.79 Å². The van der Waals surface area contributed by atoms with E-state index in [0.29, 0.717) is 31.1 Å². The first-order valence-corrected chi connectivity index (χ1v) is 14.0. The topological polar surface area (TPSA) is 65.0 Å². The van der Waals surface area contributed by atoms with Crippen molar-refractivity contribution in [3.8, 4) is 11.8 Å². The molecule has 1 spiro atoms. The van der Waals surface area contributed by atoms with Crippen LogP contribution in [-0.4, -0.2) is 42.3 Å². The van der Waals surface area contributed by atoms with Gasteiger partial charge in [0.1, 0.15) is 6.10 Å². The van der Waals surface area contributed by atoms with Crippen molar-refractivity contribution in [1.82, 2.24) is 0 Å². The second-order valence-corrected chi connectivity index (χ2v) is 12.4. The van der Waals surface area contributed by atoms with Gasteiger partial charge in [0, 0.05) is 41.5 Å². The third kappa shape index (κ3) is 6.25. The predicted octanol–water partition coefficient (Wildman–Crippen LogP) is 6.11. The first kappa shape index (κ1) is 27.4. The van der Waals surface area contributed by atoms with Crippen LogP contribution in [0.1, 0.15) is 70.2 Å². The molecule has 1 aromatic rings. The Morgan fingerprint density at radius 3 is 2.58 bits per heavy atom. The fourth-order valence-electron chi connectivity index (χ4n) is 5.73.